The summed E-state index contributed by atoms with van der Waals surface area (Å²) in [6.45, 7) is 7.47. The van der Waals surface area contributed by atoms with Crippen molar-refractivity contribution in [3.8, 4) is 0 Å². The van der Waals surface area contributed by atoms with Gasteiger partial charge in [-0.05, 0) is 18.3 Å². The minimum absolute atomic E-state index is 0.0240. The van der Waals surface area contributed by atoms with E-state index in [1.165, 1.54) is 0 Å². The molecule has 0 aromatic carbocycles. The summed E-state index contributed by atoms with van der Waals surface area (Å²) in [6.07, 6.45) is 0.0286. The molecule has 0 heterocycles. The zero-order valence-electron chi connectivity index (χ0n) is 10.9. The normalized spacial score (nSPS) is 12.3. The van der Waals surface area contributed by atoms with Gasteiger partial charge in [-0.25, -0.2) is 9.59 Å². The second-order valence-corrected chi connectivity index (χ2v) is 4.78. The quantitative estimate of drug-likeness (QED) is 0.412. The first-order chi connectivity index (χ1) is 8.16. The molecule has 0 aliphatic heterocycles. The Hall–Kier alpha value is -1.72. The summed E-state index contributed by atoms with van der Waals surface area (Å²) in [5.74, 6) is -6.55. The Labute approximate surface area is 105 Å². The first kappa shape index (κ1) is 16.3. The van der Waals surface area contributed by atoms with Crippen molar-refractivity contribution in [3.63, 3.8) is 0 Å². The van der Waals surface area contributed by atoms with Crippen LogP contribution in [0.5, 0.6) is 0 Å². The molecular formula is C12H18O6. The number of hydrogen-bond donors (Lipinski definition) is 1. The van der Waals surface area contributed by atoms with Gasteiger partial charge in [0.15, 0.2) is 0 Å². The Morgan fingerprint density at radius 3 is 1.83 bits per heavy atom. The number of carbonyl (C=O) groups excluding carboxylic acids is 3. The molecule has 1 unspecified atom stereocenters. The van der Waals surface area contributed by atoms with Crippen LogP contribution in [0.3, 0.4) is 0 Å². The number of Topliss-reactive ketones (excluding diaryl/α,β-unsaturated/α-hetero) is 2. The molecule has 18 heavy (non-hydrogen) atoms. The molecule has 0 bridgehead atoms. The summed E-state index contributed by atoms with van der Waals surface area (Å²) >= 11 is 0. The molecule has 102 valence electrons. The number of carboxylic acids is 1. The van der Waals surface area contributed by atoms with Gasteiger partial charge >= 0.3 is 23.5 Å². The number of carboxylic acid groups (broad SMARTS) is 1. The Balaban J connectivity index is 4.65. The SMILES string of the molecule is CC(C)CC(OC(=O)C(=O)C(=O)C(=O)O)C(C)C. The van der Waals surface area contributed by atoms with Gasteiger partial charge in [0, 0.05) is 0 Å². The molecule has 6 heteroatoms. The summed E-state index contributed by atoms with van der Waals surface area (Å²) < 4.78 is 4.88. The summed E-state index contributed by atoms with van der Waals surface area (Å²) in [4.78, 5) is 43.5. The number of ether oxygens (including phenoxy) is 1. The van der Waals surface area contributed by atoms with E-state index < -0.39 is 29.6 Å². The van der Waals surface area contributed by atoms with Crippen LogP contribution in [0, 0.1) is 11.8 Å². The van der Waals surface area contributed by atoms with Gasteiger partial charge in [0.1, 0.15) is 6.10 Å². The smallest absolute Gasteiger partial charge is 0.383 e. The second kappa shape index (κ2) is 6.88. The average molecular weight is 258 g/mol. The molecule has 0 saturated heterocycles. The van der Waals surface area contributed by atoms with E-state index in [2.05, 4.69) is 0 Å². The van der Waals surface area contributed by atoms with E-state index in [9.17, 15) is 19.2 Å². The van der Waals surface area contributed by atoms with Gasteiger partial charge in [0.05, 0.1) is 0 Å². The lowest BCUT2D eigenvalue weighted by atomic mass is 9.97. The van der Waals surface area contributed by atoms with Crippen molar-refractivity contribution < 1.29 is 29.0 Å². The minimum atomic E-state index is -1.96. The number of carbonyl (C=O) groups is 4. The van der Waals surface area contributed by atoms with Crippen LogP contribution in [0.1, 0.15) is 34.1 Å². The van der Waals surface area contributed by atoms with E-state index in [4.69, 9.17) is 9.84 Å². The lowest BCUT2D eigenvalue weighted by molar-refractivity contribution is -0.165. The molecule has 0 rings (SSSR count). The standard InChI is InChI=1S/C12H18O6/c1-6(2)5-8(7(3)4)18-12(17)10(14)9(13)11(15)16/h6-8H,5H2,1-4H3,(H,15,16). The highest BCUT2D eigenvalue weighted by Gasteiger charge is 2.32. The Morgan fingerprint density at radius 2 is 1.50 bits per heavy atom. The van der Waals surface area contributed by atoms with E-state index in [1.54, 1.807) is 0 Å². The van der Waals surface area contributed by atoms with Crippen LogP contribution >= 0.6 is 0 Å². The van der Waals surface area contributed by atoms with Crippen LogP contribution in [0.25, 0.3) is 0 Å². The third-order valence-electron chi connectivity index (χ3n) is 2.29. The Bertz CT molecular complexity index is 356. The van der Waals surface area contributed by atoms with E-state index in [1.807, 2.05) is 27.7 Å². The zero-order valence-corrected chi connectivity index (χ0v) is 10.9. The topological polar surface area (TPSA) is 97.7 Å². The molecule has 0 aliphatic carbocycles. The zero-order chi connectivity index (χ0) is 14.5. The highest BCUT2D eigenvalue weighted by molar-refractivity contribution is 6.75. The largest absolute Gasteiger partial charge is 0.475 e. The number of ketones is 2. The summed E-state index contributed by atoms with van der Waals surface area (Å²) in [6, 6.07) is 0. The predicted molar refractivity (Wildman–Crippen MR) is 61.8 cm³/mol. The molecule has 0 aliphatic rings. The minimum Gasteiger partial charge on any atom is -0.475 e. The van der Waals surface area contributed by atoms with Crippen molar-refractivity contribution in [1.82, 2.24) is 0 Å². The highest BCUT2D eigenvalue weighted by Crippen LogP contribution is 2.16. The number of rotatable bonds is 7. The van der Waals surface area contributed by atoms with Crippen LogP contribution in [-0.2, 0) is 23.9 Å². The number of hydrogen-bond acceptors (Lipinski definition) is 5. The predicted octanol–water partition coefficient (Wildman–Crippen LogP) is 0.823. The van der Waals surface area contributed by atoms with E-state index in [0.29, 0.717) is 6.42 Å². The third kappa shape index (κ3) is 5.07. The van der Waals surface area contributed by atoms with E-state index >= 15 is 0 Å². The van der Waals surface area contributed by atoms with Crippen molar-refractivity contribution in [2.75, 3.05) is 0 Å². The van der Waals surface area contributed by atoms with Crippen LogP contribution in [-0.4, -0.2) is 34.7 Å². The van der Waals surface area contributed by atoms with Crippen molar-refractivity contribution in [2.24, 2.45) is 11.8 Å². The lowest BCUT2D eigenvalue weighted by Gasteiger charge is -2.22. The van der Waals surface area contributed by atoms with Crippen molar-refractivity contribution in [3.05, 3.63) is 0 Å². The molecule has 0 spiro atoms. The number of aliphatic carboxylic acids is 1. The molecule has 0 aromatic heterocycles. The van der Waals surface area contributed by atoms with Gasteiger partial charge in [0.25, 0.3) is 0 Å². The van der Waals surface area contributed by atoms with Gasteiger partial charge in [-0.3, -0.25) is 9.59 Å². The monoisotopic (exact) mass is 258 g/mol. The average Bonchev–Trinajstić information content (AvgIpc) is 2.24. The molecule has 0 amide bonds. The van der Waals surface area contributed by atoms with Gasteiger partial charge < -0.3 is 9.84 Å². The second-order valence-electron chi connectivity index (χ2n) is 4.78. The molecule has 0 fully saturated rings. The van der Waals surface area contributed by atoms with Gasteiger partial charge in [-0.15, -0.1) is 0 Å². The lowest BCUT2D eigenvalue weighted by Crippen LogP contribution is -2.35. The molecule has 1 N–H and O–H groups in total. The maximum absolute atomic E-state index is 11.3. The fourth-order valence-corrected chi connectivity index (χ4v) is 1.30. The van der Waals surface area contributed by atoms with Crippen LogP contribution in [0.2, 0.25) is 0 Å². The molecular weight excluding hydrogens is 240 g/mol. The van der Waals surface area contributed by atoms with Gasteiger partial charge in [-0.2, -0.15) is 0 Å². The summed E-state index contributed by atoms with van der Waals surface area (Å²) in [5.41, 5.74) is 0. The molecule has 0 radical (unpaired) electrons. The highest BCUT2D eigenvalue weighted by atomic mass is 16.5. The maximum atomic E-state index is 11.3. The van der Waals surface area contributed by atoms with Crippen LogP contribution < -0.4 is 0 Å². The van der Waals surface area contributed by atoms with Crippen molar-refractivity contribution in [1.29, 1.82) is 0 Å². The fourth-order valence-electron chi connectivity index (χ4n) is 1.30. The van der Waals surface area contributed by atoms with Gasteiger partial charge in [0.2, 0.25) is 0 Å². The van der Waals surface area contributed by atoms with Crippen LogP contribution in [0.4, 0.5) is 0 Å². The first-order valence-electron chi connectivity index (χ1n) is 5.69. The Morgan fingerprint density at radius 1 is 1.00 bits per heavy atom. The van der Waals surface area contributed by atoms with Gasteiger partial charge in [-0.1, -0.05) is 27.7 Å². The van der Waals surface area contributed by atoms with E-state index in [0.717, 1.165) is 0 Å². The molecule has 0 aromatic rings. The summed E-state index contributed by atoms with van der Waals surface area (Å²) in [5, 5.41) is 8.31. The number of esters is 1. The summed E-state index contributed by atoms with van der Waals surface area (Å²) in [7, 11) is 0. The van der Waals surface area contributed by atoms with Crippen molar-refractivity contribution in [2.45, 2.75) is 40.2 Å². The molecule has 6 nitrogen and oxygen atoms in total. The molecule has 0 saturated carbocycles. The third-order valence-corrected chi connectivity index (χ3v) is 2.29. The fraction of sp³-hybridized carbons (Fsp3) is 0.667. The van der Waals surface area contributed by atoms with Crippen LogP contribution in [0.15, 0.2) is 0 Å². The van der Waals surface area contributed by atoms with E-state index in [-0.39, 0.29) is 11.8 Å². The Kier molecular flexibility index (Phi) is 6.22. The molecule has 1 atom stereocenters. The first-order valence-corrected chi connectivity index (χ1v) is 5.69. The van der Waals surface area contributed by atoms with Crippen molar-refractivity contribution >= 4 is 23.5 Å². The maximum Gasteiger partial charge on any atom is 0.383 e.